The molecule has 0 radical (unpaired) electrons. The molecule has 0 spiro atoms. The van der Waals surface area contributed by atoms with Crippen LogP contribution in [-0.4, -0.2) is 80.6 Å². The Morgan fingerprint density at radius 1 is 1.27 bits per heavy atom. The highest BCUT2D eigenvalue weighted by Crippen LogP contribution is 2.33. The molecule has 33 heavy (non-hydrogen) atoms. The average Bonchev–Trinajstić information content (AvgIpc) is 3.33. The standard InChI is InChI=1S/C25H35N3O5/c1-17(2)28(18-6-5-10-26-15-18)25(29)21-14-23(32-13-12-30-3)20-7-4-8-22(24(20)27-21)33-19-9-11-31-16-19/h4,7-8,14,17-19,26H,5-6,9-13,15-16H2,1-3H3/t18-,19-/m1/s1. The third kappa shape index (κ3) is 5.57. The van der Waals surface area contributed by atoms with Crippen molar-refractivity contribution in [1.82, 2.24) is 15.2 Å². The summed E-state index contributed by atoms with van der Waals surface area (Å²) in [6.45, 7) is 7.98. The Balaban J connectivity index is 1.73. The first-order valence-electron chi connectivity index (χ1n) is 11.9. The predicted molar refractivity (Wildman–Crippen MR) is 126 cm³/mol. The number of pyridine rings is 1. The number of amides is 1. The maximum Gasteiger partial charge on any atom is 0.273 e. The summed E-state index contributed by atoms with van der Waals surface area (Å²) in [5.41, 5.74) is 1.00. The van der Waals surface area contributed by atoms with E-state index in [1.54, 1.807) is 13.2 Å². The third-order valence-electron chi connectivity index (χ3n) is 6.17. The van der Waals surface area contributed by atoms with E-state index in [1.165, 1.54) is 0 Å². The van der Waals surface area contributed by atoms with Gasteiger partial charge in [-0.15, -0.1) is 0 Å². The highest BCUT2D eigenvalue weighted by Gasteiger charge is 2.30. The zero-order valence-electron chi connectivity index (χ0n) is 19.8. The van der Waals surface area contributed by atoms with Crippen LogP contribution in [0.5, 0.6) is 11.5 Å². The van der Waals surface area contributed by atoms with E-state index in [0.717, 1.165) is 37.7 Å². The van der Waals surface area contributed by atoms with Crippen LogP contribution >= 0.6 is 0 Å². The lowest BCUT2D eigenvalue weighted by Gasteiger charge is -2.37. The summed E-state index contributed by atoms with van der Waals surface area (Å²) < 4.78 is 22.9. The number of para-hydroxylation sites is 1. The van der Waals surface area contributed by atoms with Crippen molar-refractivity contribution in [2.75, 3.05) is 46.6 Å². The zero-order valence-corrected chi connectivity index (χ0v) is 19.8. The molecule has 2 aliphatic heterocycles. The fourth-order valence-electron chi connectivity index (χ4n) is 4.56. The van der Waals surface area contributed by atoms with Gasteiger partial charge in [-0.1, -0.05) is 6.07 Å². The lowest BCUT2D eigenvalue weighted by atomic mass is 10.0. The molecule has 0 saturated carbocycles. The van der Waals surface area contributed by atoms with Crippen molar-refractivity contribution in [1.29, 1.82) is 0 Å². The molecular weight excluding hydrogens is 422 g/mol. The number of ether oxygens (including phenoxy) is 4. The summed E-state index contributed by atoms with van der Waals surface area (Å²) in [4.78, 5) is 20.5. The van der Waals surface area contributed by atoms with E-state index in [4.69, 9.17) is 23.9 Å². The van der Waals surface area contributed by atoms with E-state index in [-0.39, 0.29) is 24.1 Å². The molecule has 1 aromatic carbocycles. The van der Waals surface area contributed by atoms with Gasteiger partial charge in [0.05, 0.1) is 19.8 Å². The molecule has 180 valence electrons. The van der Waals surface area contributed by atoms with E-state index in [2.05, 4.69) is 19.2 Å². The average molecular weight is 458 g/mol. The van der Waals surface area contributed by atoms with Gasteiger partial charge < -0.3 is 29.2 Å². The first-order valence-corrected chi connectivity index (χ1v) is 11.9. The van der Waals surface area contributed by atoms with Crippen molar-refractivity contribution in [3.05, 3.63) is 30.0 Å². The number of rotatable bonds is 9. The maximum absolute atomic E-state index is 13.8. The van der Waals surface area contributed by atoms with Gasteiger partial charge in [0.25, 0.3) is 5.91 Å². The van der Waals surface area contributed by atoms with Crippen LogP contribution < -0.4 is 14.8 Å². The SMILES string of the molecule is COCCOc1cc(C(=O)N(C(C)C)[C@@H]2CCCNC2)nc2c(O[C@@H]3CCOC3)cccc12. The summed E-state index contributed by atoms with van der Waals surface area (Å²) in [7, 11) is 1.64. The Kier molecular flexibility index (Phi) is 8.01. The summed E-state index contributed by atoms with van der Waals surface area (Å²) in [6, 6.07) is 7.72. The minimum Gasteiger partial charge on any atom is -0.490 e. The highest BCUT2D eigenvalue weighted by atomic mass is 16.5. The van der Waals surface area contributed by atoms with Gasteiger partial charge in [-0.3, -0.25) is 4.79 Å². The van der Waals surface area contributed by atoms with Crippen molar-refractivity contribution < 1.29 is 23.7 Å². The molecule has 2 aliphatic rings. The van der Waals surface area contributed by atoms with Crippen LogP contribution in [0.3, 0.4) is 0 Å². The minimum atomic E-state index is -0.0869. The molecule has 2 fully saturated rings. The molecule has 8 nitrogen and oxygen atoms in total. The number of carbonyl (C=O) groups excluding carboxylic acids is 1. The lowest BCUT2D eigenvalue weighted by molar-refractivity contribution is 0.0567. The van der Waals surface area contributed by atoms with Gasteiger partial charge in [0, 0.05) is 43.6 Å². The molecule has 2 aromatic rings. The van der Waals surface area contributed by atoms with E-state index in [0.29, 0.717) is 49.1 Å². The highest BCUT2D eigenvalue weighted by molar-refractivity contribution is 5.98. The Bertz CT molecular complexity index is 939. The predicted octanol–water partition coefficient (Wildman–Crippen LogP) is 3.03. The molecule has 1 amide bonds. The topological polar surface area (TPSA) is 82.2 Å². The number of aromatic nitrogens is 1. The van der Waals surface area contributed by atoms with Crippen molar-refractivity contribution in [3.8, 4) is 11.5 Å². The first-order chi connectivity index (χ1) is 16.1. The second kappa shape index (κ2) is 11.1. The van der Waals surface area contributed by atoms with Crippen LogP contribution in [0.25, 0.3) is 10.9 Å². The number of piperidine rings is 1. The first kappa shape index (κ1) is 23.7. The van der Waals surface area contributed by atoms with Gasteiger partial charge in [-0.05, 0) is 45.4 Å². The number of benzene rings is 1. The van der Waals surface area contributed by atoms with Crippen molar-refractivity contribution in [2.24, 2.45) is 0 Å². The molecular formula is C25H35N3O5. The molecule has 2 atom stereocenters. The third-order valence-corrected chi connectivity index (χ3v) is 6.17. The van der Waals surface area contributed by atoms with E-state index in [9.17, 15) is 4.79 Å². The van der Waals surface area contributed by atoms with Crippen LogP contribution in [0.15, 0.2) is 24.3 Å². The summed E-state index contributed by atoms with van der Waals surface area (Å²) >= 11 is 0. The normalized spacial score (nSPS) is 20.8. The number of nitrogens with one attached hydrogen (secondary N) is 1. The zero-order chi connectivity index (χ0) is 23.2. The fourth-order valence-corrected chi connectivity index (χ4v) is 4.56. The van der Waals surface area contributed by atoms with Crippen LogP contribution in [0.4, 0.5) is 0 Å². The Labute approximate surface area is 195 Å². The van der Waals surface area contributed by atoms with Crippen LogP contribution in [-0.2, 0) is 9.47 Å². The number of hydrogen-bond donors (Lipinski definition) is 1. The molecule has 2 saturated heterocycles. The molecule has 0 aliphatic carbocycles. The molecule has 4 rings (SSSR count). The lowest BCUT2D eigenvalue weighted by Crippen LogP contribution is -2.51. The van der Waals surface area contributed by atoms with E-state index in [1.807, 2.05) is 23.1 Å². The summed E-state index contributed by atoms with van der Waals surface area (Å²) in [5.74, 6) is 1.17. The molecule has 8 heteroatoms. The van der Waals surface area contributed by atoms with Gasteiger partial charge in [0.15, 0.2) is 0 Å². The second-order valence-electron chi connectivity index (χ2n) is 8.91. The Morgan fingerprint density at radius 3 is 2.85 bits per heavy atom. The van der Waals surface area contributed by atoms with Crippen LogP contribution in [0.2, 0.25) is 0 Å². The number of carbonyl (C=O) groups is 1. The maximum atomic E-state index is 13.8. The summed E-state index contributed by atoms with van der Waals surface area (Å²) in [6.07, 6.45) is 2.86. The van der Waals surface area contributed by atoms with E-state index < -0.39 is 0 Å². The molecule has 3 heterocycles. The van der Waals surface area contributed by atoms with Crippen molar-refractivity contribution in [3.63, 3.8) is 0 Å². The van der Waals surface area contributed by atoms with E-state index >= 15 is 0 Å². The number of hydrogen-bond acceptors (Lipinski definition) is 7. The van der Waals surface area contributed by atoms with Crippen molar-refractivity contribution >= 4 is 16.8 Å². The number of nitrogens with zero attached hydrogens (tertiary/aromatic N) is 2. The summed E-state index contributed by atoms with van der Waals surface area (Å²) in [5, 5.41) is 4.23. The van der Waals surface area contributed by atoms with Gasteiger partial charge in [0.2, 0.25) is 0 Å². The fraction of sp³-hybridized carbons (Fsp3) is 0.600. The van der Waals surface area contributed by atoms with Gasteiger partial charge in [-0.25, -0.2) is 4.98 Å². The number of methoxy groups -OCH3 is 1. The minimum absolute atomic E-state index is 0.0184. The second-order valence-corrected chi connectivity index (χ2v) is 8.91. The van der Waals surface area contributed by atoms with Crippen LogP contribution in [0.1, 0.15) is 43.6 Å². The smallest absolute Gasteiger partial charge is 0.273 e. The largest absolute Gasteiger partial charge is 0.490 e. The molecule has 0 bridgehead atoms. The Morgan fingerprint density at radius 2 is 2.15 bits per heavy atom. The number of fused-ring (bicyclic) bond motifs is 1. The van der Waals surface area contributed by atoms with Gasteiger partial charge in [-0.2, -0.15) is 0 Å². The van der Waals surface area contributed by atoms with Crippen LogP contribution in [0, 0.1) is 0 Å². The molecule has 1 aromatic heterocycles. The molecule has 0 unspecified atom stereocenters. The quantitative estimate of drug-likeness (QED) is 0.580. The van der Waals surface area contributed by atoms with Gasteiger partial charge >= 0.3 is 0 Å². The van der Waals surface area contributed by atoms with Crippen molar-refractivity contribution in [2.45, 2.75) is 51.3 Å². The molecule has 1 N–H and O–H groups in total. The monoisotopic (exact) mass is 457 g/mol. The Hall–Kier alpha value is -2.42. The van der Waals surface area contributed by atoms with Gasteiger partial charge in [0.1, 0.15) is 35.4 Å².